The van der Waals surface area contributed by atoms with Gasteiger partial charge in [-0.2, -0.15) is 0 Å². The predicted molar refractivity (Wildman–Crippen MR) is 68.2 cm³/mol. The molecule has 0 radical (unpaired) electrons. The van der Waals surface area contributed by atoms with Gasteiger partial charge >= 0.3 is 0 Å². The molecule has 0 aliphatic heterocycles. The second kappa shape index (κ2) is 6.15. The lowest BCUT2D eigenvalue weighted by molar-refractivity contribution is -0.115. The summed E-state index contributed by atoms with van der Waals surface area (Å²) in [5.41, 5.74) is 1.34. The van der Waals surface area contributed by atoms with E-state index in [0.29, 0.717) is 11.3 Å². The number of carbonyl (C=O) groups excluding carboxylic acids is 2. The van der Waals surface area contributed by atoms with Crippen LogP contribution in [0.4, 0.5) is 5.69 Å². The number of carbonyl (C=O) groups is 2. The van der Waals surface area contributed by atoms with Gasteiger partial charge in [-0.15, -0.1) is 0 Å². The highest BCUT2D eigenvalue weighted by Gasteiger charge is 2.04. The second-order valence-electron chi connectivity index (χ2n) is 4.22. The minimum Gasteiger partial charge on any atom is -0.325 e. The number of benzene rings is 1. The molecule has 4 heteroatoms. The van der Waals surface area contributed by atoms with Crippen molar-refractivity contribution in [1.29, 1.82) is 0 Å². The number of anilines is 1. The molecule has 1 aromatic carbocycles. The summed E-state index contributed by atoms with van der Waals surface area (Å²) in [7, 11) is 0. The van der Waals surface area contributed by atoms with Crippen LogP contribution >= 0.6 is 0 Å². The van der Waals surface area contributed by atoms with Crippen molar-refractivity contribution in [2.45, 2.75) is 26.8 Å². The minimum absolute atomic E-state index is 0.0179. The Hall–Kier alpha value is -1.68. The van der Waals surface area contributed by atoms with Gasteiger partial charge in [0.05, 0.1) is 6.54 Å². The first-order valence-electron chi connectivity index (χ1n) is 5.63. The third-order valence-corrected chi connectivity index (χ3v) is 2.25. The zero-order chi connectivity index (χ0) is 12.8. The maximum Gasteiger partial charge on any atom is 0.238 e. The predicted octanol–water partition coefficient (Wildman–Crippen LogP) is 1.83. The van der Waals surface area contributed by atoms with E-state index in [9.17, 15) is 9.59 Å². The quantitative estimate of drug-likeness (QED) is 0.764. The highest BCUT2D eigenvalue weighted by atomic mass is 16.2. The van der Waals surface area contributed by atoms with Gasteiger partial charge in [-0.05, 0) is 31.2 Å². The van der Waals surface area contributed by atoms with E-state index in [1.807, 2.05) is 13.8 Å². The molecular weight excluding hydrogens is 216 g/mol. The van der Waals surface area contributed by atoms with Crippen molar-refractivity contribution in [2.75, 3.05) is 11.9 Å². The number of nitrogens with one attached hydrogen (secondary N) is 2. The molecule has 0 saturated carbocycles. The van der Waals surface area contributed by atoms with E-state index in [0.717, 1.165) is 0 Å². The van der Waals surface area contributed by atoms with Crippen LogP contribution in [0.5, 0.6) is 0 Å². The molecule has 0 atom stereocenters. The molecule has 0 unspecified atom stereocenters. The Morgan fingerprint density at radius 3 is 2.24 bits per heavy atom. The molecule has 0 aliphatic carbocycles. The summed E-state index contributed by atoms with van der Waals surface area (Å²) in [5.74, 6) is -0.0707. The van der Waals surface area contributed by atoms with Crippen molar-refractivity contribution >= 4 is 17.4 Å². The Kier molecular flexibility index (Phi) is 4.84. The Morgan fingerprint density at radius 2 is 1.76 bits per heavy atom. The summed E-state index contributed by atoms with van der Waals surface area (Å²) in [6.07, 6.45) is 0. The van der Waals surface area contributed by atoms with Crippen molar-refractivity contribution in [1.82, 2.24) is 5.32 Å². The topological polar surface area (TPSA) is 58.2 Å². The molecule has 0 aliphatic rings. The van der Waals surface area contributed by atoms with Gasteiger partial charge in [-0.3, -0.25) is 9.59 Å². The molecule has 4 nitrogen and oxygen atoms in total. The first-order chi connectivity index (χ1) is 7.99. The van der Waals surface area contributed by atoms with E-state index in [-0.39, 0.29) is 24.3 Å². The summed E-state index contributed by atoms with van der Waals surface area (Å²) in [6.45, 7) is 5.76. The third-order valence-electron chi connectivity index (χ3n) is 2.25. The highest BCUT2D eigenvalue weighted by molar-refractivity contribution is 5.96. The van der Waals surface area contributed by atoms with Crippen LogP contribution in [0.2, 0.25) is 0 Å². The number of ketones is 1. The number of rotatable bonds is 5. The molecule has 0 aromatic heterocycles. The fraction of sp³-hybridized carbons (Fsp3) is 0.385. The number of amides is 1. The summed E-state index contributed by atoms with van der Waals surface area (Å²) in [5, 5.41) is 5.78. The summed E-state index contributed by atoms with van der Waals surface area (Å²) in [6, 6.07) is 7.14. The zero-order valence-electron chi connectivity index (χ0n) is 10.4. The van der Waals surface area contributed by atoms with Gasteiger partial charge in [0.15, 0.2) is 5.78 Å². The third kappa shape index (κ3) is 4.78. The fourth-order valence-electron chi connectivity index (χ4n) is 1.29. The average molecular weight is 234 g/mol. The molecular formula is C13H18N2O2. The van der Waals surface area contributed by atoms with E-state index in [1.165, 1.54) is 6.92 Å². The monoisotopic (exact) mass is 234 g/mol. The van der Waals surface area contributed by atoms with Crippen LogP contribution in [0.25, 0.3) is 0 Å². The molecule has 0 fully saturated rings. The summed E-state index contributed by atoms with van der Waals surface area (Å²) in [4.78, 5) is 22.6. The van der Waals surface area contributed by atoms with Gasteiger partial charge < -0.3 is 10.6 Å². The molecule has 0 spiro atoms. The van der Waals surface area contributed by atoms with Gasteiger partial charge in [0, 0.05) is 17.3 Å². The van der Waals surface area contributed by atoms with Gasteiger partial charge in [0.25, 0.3) is 0 Å². The van der Waals surface area contributed by atoms with Crippen LogP contribution in [-0.2, 0) is 4.79 Å². The first kappa shape index (κ1) is 13.4. The summed E-state index contributed by atoms with van der Waals surface area (Å²) < 4.78 is 0. The smallest absolute Gasteiger partial charge is 0.238 e. The van der Waals surface area contributed by atoms with E-state index in [1.54, 1.807) is 24.3 Å². The molecule has 1 rings (SSSR count). The van der Waals surface area contributed by atoms with Gasteiger partial charge in [-0.1, -0.05) is 13.8 Å². The van der Waals surface area contributed by atoms with Crippen LogP contribution in [0.1, 0.15) is 31.1 Å². The summed E-state index contributed by atoms with van der Waals surface area (Å²) >= 11 is 0. The highest BCUT2D eigenvalue weighted by Crippen LogP contribution is 2.09. The first-order valence-corrected chi connectivity index (χ1v) is 5.63. The SMILES string of the molecule is CC(=O)c1ccc(NC(=O)CNC(C)C)cc1. The van der Waals surface area contributed by atoms with Crippen molar-refractivity contribution in [2.24, 2.45) is 0 Å². The van der Waals surface area contributed by atoms with Crippen LogP contribution in [0, 0.1) is 0 Å². The zero-order valence-corrected chi connectivity index (χ0v) is 10.4. The van der Waals surface area contributed by atoms with Crippen molar-refractivity contribution in [3.63, 3.8) is 0 Å². The van der Waals surface area contributed by atoms with Gasteiger partial charge in [0.1, 0.15) is 0 Å². The Bertz CT molecular complexity index is 396. The molecule has 17 heavy (non-hydrogen) atoms. The number of hydrogen-bond donors (Lipinski definition) is 2. The van der Waals surface area contributed by atoms with E-state index in [4.69, 9.17) is 0 Å². The maximum atomic E-state index is 11.5. The average Bonchev–Trinajstić information content (AvgIpc) is 2.27. The standard InChI is InChI=1S/C13H18N2O2/c1-9(2)14-8-13(17)15-12-6-4-11(5-7-12)10(3)16/h4-7,9,14H,8H2,1-3H3,(H,15,17). The molecule has 0 bridgehead atoms. The Balaban J connectivity index is 2.51. The molecule has 0 heterocycles. The number of hydrogen-bond acceptors (Lipinski definition) is 3. The lowest BCUT2D eigenvalue weighted by Crippen LogP contribution is -2.32. The lowest BCUT2D eigenvalue weighted by atomic mass is 10.1. The number of Topliss-reactive ketones (excluding diaryl/α,β-unsaturated/α-hetero) is 1. The van der Waals surface area contributed by atoms with Crippen molar-refractivity contribution < 1.29 is 9.59 Å². The normalized spacial score (nSPS) is 10.4. The van der Waals surface area contributed by atoms with Crippen molar-refractivity contribution in [3.8, 4) is 0 Å². The molecule has 92 valence electrons. The van der Waals surface area contributed by atoms with Gasteiger partial charge in [0.2, 0.25) is 5.91 Å². The van der Waals surface area contributed by atoms with E-state index >= 15 is 0 Å². The van der Waals surface area contributed by atoms with Crippen LogP contribution in [0.15, 0.2) is 24.3 Å². The molecule has 1 amide bonds. The Labute approximate surface area is 101 Å². The molecule has 1 aromatic rings. The van der Waals surface area contributed by atoms with Crippen molar-refractivity contribution in [3.05, 3.63) is 29.8 Å². The minimum atomic E-state index is -0.0886. The maximum absolute atomic E-state index is 11.5. The van der Waals surface area contributed by atoms with Crippen LogP contribution in [-0.4, -0.2) is 24.3 Å². The molecule has 2 N–H and O–H groups in total. The van der Waals surface area contributed by atoms with Crippen LogP contribution in [0.3, 0.4) is 0 Å². The van der Waals surface area contributed by atoms with Crippen LogP contribution < -0.4 is 10.6 Å². The second-order valence-corrected chi connectivity index (χ2v) is 4.22. The van der Waals surface area contributed by atoms with E-state index in [2.05, 4.69) is 10.6 Å². The van der Waals surface area contributed by atoms with Gasteiger partial charge in [-0.25, -0.2) is 0 Å². The fourth-order valence-corrected chi connectivity index (χ4v) is 1.29. The molecule has 0 saturated heterocycles. The lowest BCUT2D eigenvalue weighted by Gasteiger charge is -2.09. The largest absolute Gasteiger partial charge is 0.325 e. The Morgan fingerprint density at radius 1 is 1.18 bits per heavy atom. The van der Waals surface area contributed by atoms with E-state index < -0.39 is 0 Å².